The summed E-state index contributed by atoms with van der Waals surface area (Å²) in [5.74, 6) is 0.552. The van der Waals surface area contributed by atoms with Crippen LogP contribution in [0.1, 0.15) is 24.2 Å². The number of hydrogen-bond donors (Lipinski definition) is 1. The Balaban J connectivity index is 2.01. The van der Waals surface area contributed by atoms with Crippen LogP contribution in [0, 0.1) is 0 Å². The van der Waals surface area contributed by atoms with E-state index in [4.69, 9.17) is 23.7 Å². The van der Waals surface area contributed by atoms with Crippen LogP contribution in [-0.4, -0.2) is 45.9 Å². The van der Waals surface area contributed by atoms with Crippen molar-refractivity contribution < 1.29 is 33.3 Å². The number of benzene rings is 2. The molecule has 8 nitrogen and oxygen atoms in total. The molecule has 1 N–H and O–H groups in total. The van der Waals surface area contributed by atoms with Crippen LogP contribution in [0.25, 0.3) is 0 Å². The number of rotatable bonds is 10. The number of nitrogens with one attached hydrogen (secondary N) is 1. The first-order valence-electron chi connectivity index (χ1n) is 9.11. The highest BCUT2D eigenvalue weighted by Crippen LogP contribution is 2.32. The summed E-state index contributed by atoms with van der Waals surface area (Å²) in [7, 11) is 2.89. The molecule has 0 unspecified atom stereocenters. The van der Waals surface area contributed by atoms with E-state index in [2.05, 4.69) is 5.32 Å². The minimum absolute atomic E-state index is 0.166. The molecule has 29 heavy (non-hydrogen) atoms. The lowest BCUT2D eigenvalue weighted by Crippen LogP contribution is -2.21. The molecule has 0 aliphatic rings. The van der Waals surface area contributed by atoms with Crippen molar-refractivity contribution >= 4 is 17.6 Å². The van der Waals surface area contributed by atoms with Gasteiger partial charge in [-0.15, -0.1) is 0 Å². The van der Waals surface area contributed by atoms with E-state index in [9.17, 15) is 9.59 Å². The fourth-order valence-corrected chi connectivity index (χ4v) is 2.58. The lowest BCUT2D eigenvalue weighted by atomic mass is 10.2. The number of carbonyl (C=O) groups is 2. The molecule has 0 aliphatic heterocycles. The average Bonchev–Trinajstić information content (AvgIpc) is 2.73. The van der Waals surface area contributed by atoms with E-state index >= 15 is 0 Å². The summed E-state index contributed by atoms with van der Waals surface area (Å²) in [5, 5.41) is 2.66. The van der Waals surface area contributed by atoms with Crippen molar-refractivity contribution in [2.45, 2.75) is 13.8 Å². The predicted molar refractivity (Wildman–Crippen MR) is 107 cm³/mol. The fraction of sp³-hybridized carbons (Fsp3) is 0.333. The maximum atomic E-state index is 12.3. The van der Waals surface area contributed by atoms with Crippen molar-refractivity contribution in [3.8, 4) is 23.0 Å². The second-order valence-corrected chi connectivity index (χ2v) is 5.69. The Morgan fingerprint density at radius 1 is 0.897 bits per heavy atom. The Hall–Kier alpha value is -3.42. The average molecular weight is 403 g/mol. The Morgan fingerprint density at radius 3 is 2.28 bits per heavy atom. The molecule has 0 fully saturated rings. The molecule has 0 radical (unpaired) electrons. The van der Waals surface area contributed by atoms with E-state index < -0.39 is 18.5 Å². The molecular formula is C21H25NO7. The molecule has 0 spiro atoms. The van der Waals surface area contributed by atoms with Gasteiger partial charge in [-0.25, -0.2) is 4.79 Å². The first-order chi connectivity index (χ1) is 14.0. The summed E-state index contributed by atoms with van der Waals surface area (Å²) in [6.45, 7) is 4.22. The number of anilines is 1. The zero-order chi connectivity index (χ0) is 21.2. The van der Waals surface area contributed by atoms with Gasteiger partial charge in [-0.05, 0) is 38.1 Å². The molecule has 0 saturated carbocycles. The minimum atomic E-state index is -0.697. The Labute approximate surface area is 169 Å². The molecule has 156 valence electrons. The van der Waals surface area contributed by atoms with E-state index in [-0.39, 0.29) is 11.3 Å². The van der Waals surface area contributed by atoms with E-state index in [1.54, 1.807) is 30.3 Å². The largest absolute Gasteiger partial charge is 0.493 e. The zero-order valence-electron chi connectivity index (χ0n) is 16.9. The molecule has 0 atom stereocenters. The first kappa shape index (κ1) is 21.9. The topological polar surface area (TPSA) is 92.3 Å². The third-order valence-corrected chi connectivity index (χ3v) is 3.78. The third-order valence-electron chi connectivity index (χ3n) is 3.78. The number of esters is 1. The van der Waals surface area contributed by atoms with Crippen LogP contribution in [0.5, 0.6) is 23.0 Å². The van der Waals surface area contributed by atoms with Gasteiger partial charge in [0.15, 0.2) is 29.6 Å². The number of carbonyl (C=O) groups excluding carboxylic acids is 2. The van der Waals surface area contributed by atoms with Gasteiger partial charge in [0, 0.05) is 11.8 Å². The molecule has 1 amide bonds. The predicted octanol–water partition coefficient (Wildman–Crippen LogP) is 3.30. The molecule has 0 aromatic heterocycles. The molecular weight excluding hydrogens is 378 g/mol. The van der Waals surface area contributed by atoms with Gasteiger partial charge >= 0.3 is 5.97 Å². The summed E-state index contributed by atoms with van der Waals surface area (Å²) < 4.78 is 26.5. The Morgan fingerprint density at radius 2 is 1.62 bits per heavy atom. The molecule has 0 saturated heterocycles. The van der Waals surface area contributed by atoms with Crippen LogP contribution in [0.2, 0.25) is 0 Å². The molecule has 0 aliphatic carbocycles. The van der Waals surface area contributed by atoms with Crippen molar-refractivity contribution in [1.29, 1.82) is 0 Å². The van der Waals surface area contributed by atoms with Crippen molar-refractivity contribution in [3.63, 3.8) is 0 Å². The second-order valence-electron chi connectivity index (χ2n) is 5.69. The Bertz CT molecular complexity index is 851. The number of ether oxygens (including phenoxy) is 5. The molecule has 0 heterocycles. The van der Waals surface area contributed by atoms with E-state index in [1.807, 2.05) is 13.8 Å². The van der Waals surface area contributed by atoms with Gasteiger partial charge in [0.2, 0.25) is 0 Å². The normalized spacial score (nSPS) is 10.1. The summed E-state index contributed by atoms with van der Waals surface area (Å²) in [4.78, 5) is 24.5. The monoisotopic (exact) mass is 403 g/mol. The number of hydrogen-bond acceptors (Lipinski definition) is 7. The number of amides is 1. The summed E-state index contributed by atoms with van der Waals surface area (Å²) in [6.07, 6.45) is 0. The van der Waals surface area contributed by atoms with Gasteiger partial charge in [-0.1, -0.05) is 6.07 Å². The van der Waals surface area contributed by atoms with Crippen LogP contribution in [0.4, 0.5) is 5.69 Å². The van der Waals surface area contributed by atoms with Gasteiger partial charge in [-0.3, -0.25) is 4.79 Å². The maximum absolute atomic E-state index is 12.3. The van der Waals surface area contributed by atoms with E-state index in [1.165, 1.54) is 20.3 Å². The van der Waals surface area contributed by atoms with E-state index in [0.717, 1.165) is 0 Å². The highest BCUT2D eigenvalue weighted by Gasteiger charge is 2.19. The highest BCUT2D eigenvalue weighted by molar-refractivity contribution is 5.97. The fourth-order valence-electron chi connectivity index (χ4n) is 2.58. The quantitative estimate of drug-likeness (QED) is 0.609. The molecule has 2 aromatic carbocycles. The van der Waals surface area contributed by atoms with Gasteiger partial charge in [0.1, 0.15) is 5.56 Å². The summed E-state index contributed by atoms with van der Waals surface area (Å²) >= 11 is 0. The minimum Gasteiger partial charge on any atom is -0.493 e. The van der Waals surface area contributed by atoms with Gasteiger partial charge < -0.3 is 29.0 Å². The van der Waals surface area contributed by atoms with Crippen LogP contribution >= 0.6 is 0 Å². The standard InChI is InChI=1S/C21H25NO7/c1-5-27-16-11-10-14(12-18(16)28-6-2)22-19(23)13-29-21(24)15-8-7-9-17(25-3)20(15)26-4/h7-12H,5-6,13H2,1-4H3,(H,22,23). The lowest BCUT2D eigenvalue weighted by Gasteiger charge is -2.13. The second kappa shape index (κ2) is 10.8. The van der Waals surface area contributed by atoms with Crippen molar-refractivity contribution in [2.24, 2.45) is 0 Å². The van der Waals surface area contributed by atoms with Crippen LogP contribution in [0.3, 0.4) is 0 Å². The van der Waals surface area contributed by atoms with Crippen molar-refractivity contribution in [2.75, 3.05) is 39.4 Å². The molecule has 2 aromatic rings. The molecule has 0 bridgehead atoms. The van der Waals surface area contributed by atoms with Gasteiger partial charge in [-0.2, -0.15) is 0 Å². The Kier molecular flexibility index (Phi) is 8.14. The van der Waals surface area contributed by atoms with E-state index in [0.29, 0.717) is 36.1 Å². The maximum Gasteiger partial charge on any atom is 0.342 e. The molecule has 8 heteroatoms. The summed E-state index contributed by atoms with van der Waals surface area (Å²) in [6, 6.07) is 9.86. The van der Waals surface area contributed by atoms with Gasteiger partial charge in [0.25, 0.3) is 5.91 Å². The van der Waals surface area contributed by atoms with Crippen LogP contribution in [0.15, 0.2) is 36.4 Å². The number of methoxy groups -OCH3 is 2. The third kappa shape index (κ3) is 5.78. The highest BCUT2D eigenvalue weighted by atomic mass is 16.5. The number of para-hydroxylation sites is 1. The van der Waals surface area contributed by atoms with Crippen LogP contribution < -0.4 is 24.3 Å². The summed E-state index contributed by atoms with van der Waals surface area (Å²) in [5.41, 5.74) is 0.663. The van der Waals surface area contributed by atoms with Crippen LogP contribution in [-0.2, 0) is 9.53 Å². The van der Waals surface area contributed by atoms with Crippen molar-refractivity contribution in [3.05, 3.63) is 42.0 Å². The van der Waals surface area contributed by atoms with Gasteiger partial charge in [0.05, 0.1) is 27.4 Å². The smallest absolute Gasteiger partial charge is 0.342 e. The lowest BCUT2D eigenvalue weighted by molar-refractivity contribution is -0.119. The SMILES string of the molecule is CCOc1ccc(NC(=O)COC(=O)c2cccc(OC)c2OC)cc1OCC. The molecule has 2 rings (SSSR count). The first-order valence-corrected chi connectivity index (χ1v) is 9.11. The van der Waals surface area contributed by atoms with Crippen molar-refractivity contribution in [1.82, 2.24) is 0 Å². The zero-order valence-corrected chi connectivity index (χ0v) is 16.9.